The van der Waals surface area contributed by atoms with Crippen molar-refractivity contribution < 1.29 is 0 Å². The number of aromatic nitrogens is 2. The Morgan fingerprint density at radius 1 is 1.42 bits per heavy atom. The van der Waals surface area contributed by atoms with Crippen LogP contribution in [0.2, 0.25) is 0 Å². The number of nitrogens with one attached hydrogen (secondary N) is 1. The molecule has 2 aromatic heterocycles. The summed E-state index contributed by atoms with van der Waals surface area (Å²) in [5, 5.41) is 7.50. The average Bonchev–Trinajstić information content (AvgIpc) is 2.91. The minimum atomic E-state index is 0.561. The fourth-order valence-electron chi connectivity index (χ4n) is 1.75. The Morgan fingerprint density at radius 3 is 2.84 bits per heavy atom. The van der Waals surface area contributed by atoms with Crippen molar-refractivity contribution in [3.05, 3.63) is 10.4 Å². The predicted molar refractivity (Wildman–Crippen MR) is 84.0 cm³/mol. The summed E-state index contributed by atoms with van der Waals surface area (Å²) in [7, 11) is 4.16. The zero-order valence-corrected chi connectivity index (χ0v) is 13.1. The summed E-state index contributed by atoms with van der Waals surface area (Å²) in [6, 6.07) is 0. The lowest BCUT2D eigenvalue weighted by Crippen LogP contribution is -2.16. The van der Waals surface area contributed by atoms with Gasteiger partial charge in [-0.2, -0.15) is 4.37 Å². The van der Waals surface area contributed by atoms with Gasteiger partial charge in [0.15, 0.2) is 0 Å². The second kappa shape index (κ2) is 6.31. The van der Waals surface area contributed by atoms with Gasteiger partial charge in [-0.3, -0.25) is 0 Å². The average molecular weight is 297 g/mol. The molecular weight excluding hydrogens is 278 g/mol. The minimum absolute atomic E-state index is 0.561. The molecule has 0 unspecified atom stereocenters. The van der Waals surface area contributed by atoms with Crippen LogP contribution in [-0.4, -0.2) is 41.4 Å². The van der Waals surface area contributed by atoms with E-state index in [0.29, 0.717) is 5.82 Å². The Bertz CT molecular complexity index is 532. The molecule has 0 aromatic carbocycles. The molecule has 0 aliphatic heterocycles. The summed E-state index contributed by atoms with van der Waals surface area (Å²) in [6.07, 6.45) is 1.08. The summed E-state index contributed by atoms with van der Waals surface area (Å²) >= 11 is 3.03. The van der Waals surface area contributed by atoms with Crippen LogP contribution in [0.25, 0.3) is 11.3 Å². The first-order chi connectivity index (χ1) is 9.08. The van der Waals surface area contributed by atoms with Crippen LogP contribution >= 0.6 is 22.9 Å². The fraction of sp³-hybridized carbons (Fsp3) is 0.500. The van der Waals surface area contributed by atoms with Gasteiger partial charge in [0.2, 0.25) is 0 Å². The fourth-order valence-corrected chi connectivity index (χ4v) is 3.10. The van der Waals surface area contributed by atoms with Gasteiger partial charge in [0.25, 0.3) is 0 Å². The van der Waals surface area contributed by atoms with Crippen molar-refractivity contribution in [2.45, 2.75) is 13.3 Å². The highest BCUT2D eigenvalue weighted by Crippen LogP contribution is 2.36. The summed E-state index contributed by atoms with van der Waals surface area (Å²) < 4.78 is 4.23. The number of nitrogen functional groups attached to an aromatic ring is 1. The lowest BCUT2D eigenvalue weighted by Gasteiger charge is -2.10. The van der Waals surface area contributed by atoms with Gasteiger partial charge in [0, 0.05) is 11.9 Å². The van der Waals surface area contributed by atoms with E-state index in [1.165, 1.54) is 11.5 Å². The largest absolute Gasteiger partial charge is 0.382 e. The molecule has 2 rings (SSSR count). The molecule has 0 radical (unpaired) electrons. The van der Waals surface area contributed by atoms with E-state index in [4.69, 9.17) is 5.73 Å². The molecule has 5 nitrogen and oxygen atoms in total. The van der Waals surface area contributed by atoms with Gasteiger partial charge in [0.05, 0.1) is 16.3 Å². The molecule has 0 spiro atoms. The third-order valence-corrected chi connectivity index (χ3v) is 4.25. The van der Waals surface area contributed by atoms with Crippen LogP contribution in [0, 0.1) is 6.92 Å². The Hall–Kier alpha value is -1.18. The van der Waals surface area contributed by atoms with Gasteiger partial charge in [-0.15, -0.1) is 11.3 Å². The smallest absolute Gasteiger partial charge is 0.148 e. The Kier molecular flexibility index (Phi) is 4.73. The van der Waals surface area contributed by atoms with Crippen molar-refractivity contribution in [1.82, 2.24) is 14.3 Å². The molecule has 104 valence electrons. The molecular formula is C12H19N5S2. The summed E-state index contributed by atoms with van der Waals surface area (Å²) in [4.78, 5) is 6.66. The highest BCUT2D eigenvalue weighted by molar-refractivity contribution is 7.11. The van der Waals surface area contributed by atoms with Crippen LogP contribution in [0.15, 0.2) is 5.38 Å². The maximum atomic E-state index is 5.95. The topological polar surface area (TPSA) is 67.1 Å². The maximum absolute atomic E-state index is 5.95. The van der Waals surface area contributed by atoms with E-state index < -0.39 is 0 Å². The summed E-state index contributed by atoms with van der Waals surface area (Å²) in [5.41, 5.74) is 7.81. The summed E-state index contributed by atoms with van der Waals surface area (Å²) in [5.74, 6) is 0.561. The van der Waals surface area contributed by atoms with Gasteiger partial charge in [0.1, 0.15) is 10.8 Å². The number of nitrogens with two attached hydrogens (primary N) is 1. The lowest BCUT2D eigenvalue weighted by atomic mass is 10.2. The van der Waals surface area contributed by atoms with Crippen molar-refractivity contribution in [2.24, 2.45) is 0 Å². The molecule has 0 amide bonds. The zero-order chi connectivity index (χ0) is 13.8. The van der Waals surface area contributed by atoms with E-state index in [0.717, 1.165) is 40.8 Å². The third kappa shape index (κ3) is 3.65. The quantitative estimate of drug-likeness (QED) is 0.802. The molecule has 0 fully saturated rings. The third-order valence-electron chi connectivity index (χ3n) is 2.66. The number of rotatable bonds is 6. The molecule has 7 heteroatoms. The lowest BCUT2D eigenvalue weighted by molar-refractivity contribution is 0.405. The molecule has 0 bridgehead atoms. The van der Waals surface area contributed by atoms with Crippen LogP contribution in [0.1, 0.15) is 11.4 Å². The molecule has 0 saturated carbocycles. The van der Waals surface area contributed by atoms with Crippen LogP contribution in [0.5, 0.6) is 0 Å². The van der Waals surface area contributed by atoms with Crippen molar-refractivity contribution in [1.29, 1.82) is 0 Å². The highest BCUT2D eigenvalue weighted by Gasteiger charge is 2.15. The number of anilines is 2. The maximum Gasteiger partial charge on any atom is 0.148 e. The van der Waals surface area contributed by atoms with Crippen LogP contribution in [0.4, 0.5) is 10.8 Å². The number of nitrogens with zero attached hydrogens (tertiary/aromatic N) is 3. The monoisotopic (exact) mass is 297 g/mol. The van der Waals surface area contributed by atoms with Crippen molar-refractivity contribution >= 4 is 33.7 Å². The first-order valence-corrected chi connectivity index (χ1v) is 7.79. The Labute approximate surface area is 121 Å². The highest BCUT2D eigenvalue weighted by atomic mass is 32.1. The molecule has 2 heterocycles. The van der Waals surface area contributed by atoms with Gasteiger partial charge < -0.3 is 16.0 Å². The predicted octanol–water partition coefficient (Wildman–Crippen LogP) is 2.52. The standard InChI is InChI=1S/C12H19N5S2/c1-8-15-9(7-18-8)10-11(13)16-19-12(10)14-5-4-6-17(2)3/h7,14H,4-6H2,1-3H3,(H2,13,16). The van der Waals surface area contributed by atoms with E-state index in [1.807, 2.05) is 12.3 Å². The van der Waals surface area contributed by atoms with Crippen LogP contribution in [-0.2, 0) is 0 Å². The minimum Gasteiger partial charge on any atom is -0.382 e. The Balaban J connectivity index is 2.06. The first-order valence-electron chi connectivity index (χ1n) is 6.14. The van der Waals surface area contributed by atoms with E-state index in [2.05, 4.69) is 33.7 Å². The van der Waals surface area contributed by atoms with Crippen molar-refractivity contribution in [2.75, 3.05) is 38.2 Å². The molecule has 0 atom stereocenters. The normalized spacial score (nSPS) is 11.2. The van der Waals surface area contributed by atoms with Crippen LogP contribution < -0.4 is 11.1 Å². The van der Waals surface area contributed by atoms with E-state index in [9.17, 15) is 0 Å². The van der Waals surface area contributed by atoms with Crippen molar-refractivity contribution in [3.63, 3.8) is 0 Å². The number of thiazole rings is 1. The summed E-state index contributed by atoms with van der Waals surface area (Å²) in [6.45, 7) is 3.97. The van der Waals surface area contributed by atoms with E-state index in [1.54, 1.807) is 11.3 Å². The molecule has 0 aliphatic rings. The SMILES string of the molecule is Cc1nc(-c2c(N)nsc2NCCCN(C)C)cs1. The van der Waals surface area contributed by atoms with Gasteiger partial charge in [-0.05, 0) is 45.5 Å². The first kappa shape index (κ1) is 14.2. The van der Waals surface area contributed by atoms with E-state index in [-0.39, 0.29) is 0 Å². The van der Waals surface area contributed by atoms with Crippen LogP contribution in [0.3, 0.4) is 0 Å². The molecule has 2 aromatic rings. The number of aryl methyl sites for hydroxylation is 1. The Morgan fingerprint density at radius 2 is 2.21 bits per heavy atom. The second-order valence-electron chi connectivity index (χ2n) is 4.61. The molecule has 3 N–H and O–H groups in total. The molecule has 19 heavy (non-hydrogen) atoms. The number of hydrogen-bond donors (Lipinski definition) is 2. The van der Waals surface area contributed by atoms with Gasteiger partial charge in [-0.1, -0.05) is 0 Å². The number of hydrogen-bond acceptors (Lipinski definition) is 7. The van der Waals surface area contributed by atoms with E-state index >= 15 is 0 Å². The molecule has 0 saturated heterocycles. The second-order valence-corrected chi connectivity index (χ2v) is 6.44. The van der Waals surface area contributed by atoms with Gasteiger partial charge in [-0.25, -0.2) is 4.98 Å². The zero-order valence-electron chi connectivity index (χ0n) is 11.4. The molecule has 0 aliphatic carbocycles. The van der Waals surface area contributed by atoms with Gasteiger partial charge >= 0.3 is 0 Å². The van der Waals surface area contributed by atoms with Crippen molar-refractivity contribution in [3.8, 4) is 11.3 Å².